The van der Waals surface area contributed by atoms with Crippen LogP contribution in [0.15, 0.2) is 30.3 Å². The predicted molar refractivity (Wildman–Crippen MR) is 77.9 cm³/mol. The summed E-state index contributed by atoms with van der Waals surface area (Å²) in [4.78, 5) is 2.45. The van der Waals surface area contributed by atoms with Crippen LogP contribution >= 0.6 is 0 Å². The molecule has 2 heteroatoms. The first-order chi connectivity index (χ1) is 8.75. The van der Waals surface area contributed by atoms with Crippen molar-refractivity contribution in [2.24, 2.45) is 5.92 Å². The fourth-order valence-corrected chi connectivity index (χ4v) is 2.84. The highest BCUT2D eigenvalue weighted by Crippen LogP contribution is 2.16. The highest BCUT2D eigenvalue weighted by Gasteiger charge is 2.16. The lowest BCUT2D eigenvalue weighted by Gasteiger charge is -2.30. The number of hydrogen-bond acceptors (Lipinski definition) is 2. The Labute approximate surface area is 111 Å². The first-order valence-corrected chi connectivity index (χ1v) is 7.20. The number of rotatable bonds is 5. The van der Waals surface area contributed by atoms with E-state index in [1.54, 1.807) is 0 Å². The number of likely N-dealkylation sites (tertiary alicyclic amines) is 1. The lowest BCUT2D eigenvalue weighted by atomic mass is 9.97. The van der Waals surface area contributed by atoms with Gasteiger partial charge < -0.3 is 10.2 Å². The van der Waals surface area contributed by atoms with Gasteiger partial charge in [-0.25, -0.2) is 0 Å². The molecule has 0 radical (unpaired) electrons. The molecule has 2 rings (SSSR count). The van der Waals surface area contributed by atoms with Crippen LogP contribution in [0.5, 0.6) is 0 Å². The van der Waals surface area contributed by atoms with Gasteiger partial charge >= 0.3 is 0 Å². The molecule has 100 valence electrons. The predicted octanol–water partition coefficient (Wildman–Crippen LogP) is 2.72. The smallest absolute Gasteiger partial charge is 0.00187 e. The van der Waals surface area contributed by atoms with E-state index in [0.717, 1.165) is 12.5 Å². The standard InChI is InChI=1S/C16H26N2/c1-14(16-8-4-3-5-9-16)11-17-12-15-7-6-10-18(2)13-15/h3-5,8-9,14-15,17H,6-7,10-13H2,1-2H3/t14-,15+/m0/s1. The van der Waals surface area contributed by atoms with Gasteiger partial charge in [0.1, 0.15) is 0 Å². The second-order valence-corrected chi connectivity index (χ2v) is 5.74. The molecule has 0 aromatic heterocycles. The Balaban J connectivity index is 1.69. The second kappa shape index (κ2) is 6.91. The zero-order valence-electron chi connectivity index (χ0n) is 11.7. The Hall–Kier alpha value is -0.860. The van der Waals surface area contributed by atoms with E-state index in [-0.39, 0.29) is 0 Å². The van der Waals surface area contributed by atoms with E-state index in [2.05, 4.69) is 54.5 Å². The molecular formula is C16H26N2. The lowest BCUT2D eigenvalue weighted by Crippen LogP contribution is -2.38. The maximum absolute atomic E-state index is 3.65. The van der Waals surface area contributed by atoms with Crippen molar-refractivity contribution in [3.05, 3.63) is 35.9 Å². The van der Waals surface area contributed by atoms with E-state index < -0.39 is 0 Å². The summed E-state index contributed by atoms with van der Waals surface area (Å²) < 4.78 is 0. The van der Waals surface area contributed by atoms with E-state index in [9.17, 15) is 0 Å². The molecule has 0 bridgehead atoms. The molecule has 1 aromatic carbocycles. The van der Waals surface area contributed by atoms with E-state index in [0.29, 0.717) is 5.92 Å². The molecule has 0 amide bonds. The van der Waals surface area contributed by atoms with Crippen molar-refractivity contribution >= 4 is 0 Å². The lowest BCUT2D eigenvalue weighted by molar-refractivity contribution is 0.206. The van der Waals surface area contributed by atoms with Crippen LogP contribution in [0.1, 0.15) is 31.2 Å². The SMILES string of the molecule is C[C@@H](CNC[C@H]1CCCN(C)C1)c1ccccc1. The molecule has 0 saturated carbocycles. The quantitative estimate of drug-likeness (QED) is 0.859. The zero-order valence-corrected chi connectivity index (χ0v) is 11.7. The van der Waals surface area contributed by atoms with Crippen molar-refractivity contribution in [1.29, 1.82) is 0 Å². The molecular weight excluding hydrogens is 220 g/mol. The van der Waals surface area contributed by atoms with Crippen molar-refractivity contribution < 1.29 is 0 Å². The average molecular weight is 246 g/mol. The second-order valence-electron chi connectivity index (χ2n) is 5.74. The Kier molecular flexibility index (Phi) is 5.21. The first kappa shape index (κ1) is 13.6. The van der Waals surface area contributed by atoms with Crippen molar-refractivity contribution in [2.75, 3.05) is 33.2 Å². The van der Waals surface area contributed by atoms with Crippen LogP contribution in [-0.2, 0) is 0 Å². The molecule has 1 aromatic rings. The third kappa shape index (κ3) is 4.11. The maximum Gasteiger partial charge on any atom is 0.00187 e. The van der Waals surface area contributed by atoms with Gasteiger partial charge in [-0.05, 0) is 50.4 Å². The van der Waals surface area contributed by atoms with Crippen molar-refractivity contribution in [3.63, 3.8) is 0 Å². The van der Waals surface area contributed by atoms with Crippen LogP contribution in [0.25, 0.3) is 0 Å². The monoisotopic (exact) mass is 246 g/mol. The van der Waals surface area contributed by atoms with Crippen LogP contribution in [0.3, 0.4) is 0 Å². The summed E-state index contributed by atoms with van der Waals surface area (Å²) >= 11 is 0. The van der Waals surface area contributed by atoms with E-state index in [1.807, 2.05) is 0 Å². The van der Waals surface area contributed by atoms with Crippen LogP contribution < -0.4 is 5.32 Å². The topological polar surface area (TPSA) is 15.3 Å². The van der Waals surface area contributed by atoms with Crippen LogP contribution in [0.2, 0.25) is 0 Å². The number of benzene rings is 1. The van der Waals surface area contributed by atoms with Crippen LogP contribution in [0, 0.1) is 5.92 Å². The summed E-state index contributed by atoms with van der Waals surface area (Å²) in [7, 11) is 2.23. The van der Waals surface area contributed by atoms with Gasteiger partial charge in [-0.2, -0.15) is 0 Å². The fraction of sp³-hybridized carbons (Fsp3) is 0.625. The van der Waals surface area contributed by atoms with Crippen LogP contribution in [0.4, 0.5) is 0 Å². The van der Waals surface area contributed by atoms with Gasteiger partial charge in [-0.1, -0.05) is 37.3 Å². The molecule has 0 aliphatic carbocycles. The summed E-state index contributed by atoms with van der Waals surface area (Å²) in [5.41, 5.74) is 1.44. The van der Waals surface area contributed by atoms with Gasteiger partial charge in [0.05, 0.1) is 0 Å². The molecule has 2 nitrogen and oxygen atoms in total. The molecule has 1 aliphatic rings. The zero-order chi connectivity index (χ0) is 12.8. The van der Waals surface area contributed by atoms with Gasteiger partial charge in [0.15, 0.2) is 0 Å². The van der Waals surface area contributed by atoms with Gasteiger partial charge in [0.25, 0.3) is 0 Å². The summed E-state index contributed by atoms with van der Waals surface area (Å²) in [6.45, 7) is 7.09. The van der Waals surface area contributed by atoms with Crippen molar-refractivity contribution in [1.82, 2.24) is 10.2 Å². The van der Waals surface area contributed by atoms with Gasteiger partial charge in [0.2, 0.25) is 0 Å². The minimum atomic E-state index is 0.604. The number of nitrogens with zero attached hydrogens (tertiary/aromatic N) is 1. The highest BCUT2D eigenvalue weighted by molar-refractivity contribution is 5.18. The van der Waals surface area contributed by atoms with E-state index in [1.165, 1.54) is 38.0 Å². The molecule has 1 aliphatic heterocycles. The normalized spacial score (nSPS) is 22.9. The molecule has 1 N–H and O–H groups in total. The first-order valence-electron chi connectivity index (χ1n) is 7.20. The van der Waals surface area contributed by atoms with E-state index in [4.69, 9.17) is 0 Å². The highest BCUT2D eigenvalue weighted by atomic mass is 15.1. The Morgan fingerprint density at radius 1 is 1.33 bits per heavy atom. The number of nitrogens with one attached hydrogen (secondary N) is 1. The fourth-order valence-electron chi connectivity index (χ4n) is 2.84. The molecule has 0 unspecified atom stereocenters. The van der Waals surface area contributed by atoms with E-state index >= 15 is 0 Å². The molecule has 1 fully saturated rings. The molecule has 18 heavy (non-hydrogen) atoms. The summed E-state index contributed by atoms with van der Waals surface area (Å²) in [5, 5.41) is 3.65. The van der Waals surface area contributed by atoms with Gasteiger partial charge in [0, 0.05) is 13.1 Å². The Bertz CT molecular complexity index is 336. The van der Waals surface area contributed by atoms with Crippen LogP contribution in [-0.4, -0.2) is 38.1 Å². The third-order valence-corrected chi connectivity index (χ3v) is 3.97. The minimum absolute atomic E-state index is 0.604. The minimum Gasteiger partial charge on any atom is -0.316 e. The summed E-state index contributed by atoms with van der Waals surface area (Å²) in [5.74, 6) is 1.44. The molecule has 2 atom stereocenters. The Morgan fingerprint density at radius 2 is 2.11 bits per heavy atom. The van der Waals surface area contributed by atoms with Gasteiger partial charge in [-0.3, -0.25) is 0 Å². The third-order valence-electron chi connectivity index (χ3n) is 3.97. The molecule has 1 heterocycles. The largest absolute Gasteiger partial charge is 0.316 e. The average Bonchev–Trinajstić information content (AvgIpc) is 2.40. The van der Waals surface area contributed by atoms with Crippen molar-refractivity contribution in [2.45, 2.75) is 25.7 Å². The Morgan fingerprint density at radius 3 is 2.83 bits per heavy atom. The van der Waals surface area contributed by atoms with Crippen molar-refractivity contribution in [3.8, 4) is 0 Å². The summed E-state index contributed by atoms with van der Waals surface area (Å²) in [6.07, 6.45) is 2.74. The molecule has 1 saturated heterocycles. The van der Waals surface area contributed by atoms with Gasteiger partial charge in [-0.15, -0.1) is 0 Å². The molecule has 0 spiro atoms. The maximum atomic E-state index is 3.65. The summed E-state index contributed by atoms with van der Waals surface area (Å²) in [6, 6.07) is 10.8. The number of hydrogen-bond donors (Lipinski definition) is 1. The number of piperidine rings is 1.